The Bertz CT molecular complexity index is 7510. The summed E-state index contributed by atoms with van der Waals surface area (Å²) < 4.78 is 179. The van der Waals surface area contributed by atoms with Crippen molar-refractivity contribution in [3.05, 3.63) is 152 Å². The van der Waals surface area contributed by atoms with E-state index < -0.39 is 317 Å². The molecule has 25 N–H and O–H groups in total. The summed E-state index contributed by atoms with van der Waals surface area (Å²) in [6, 6.07) is 4.91. The van der Waals surface area contributed by atoms with Crippen LogP contribution >= 0.6 is 39.1 Å². The fraction of sp³-hybridized carbons (Fsp3) is 0.486. The van der Waals surface area contributed by atoms with Gasteiger partial charge < -0.3 is 127 Å². The van der Waals surface area contributed by atoms with Crippen LogP contribution in [0.3, 0.4) is 0 Å². The molecule has 7 aliphatic heterocycles. The van der Waals surface area contributed by atoms with Crippen LogP contribution in [0.4, 0.5) is 29.4 Å². The molecule has 73 heteroatoms. The number of aliphatic hydroxyl groups is 6. The second kappa shape index (κ2) is 39.3. The van der Waals surface area contributed by atoms with E-state index in [1.54, 1.807) is 6.92 Å². The van der Waals surface area contributed by atoms with Crippen LogP contribution in [0.5, 0.6) is 11.5 Å². The number of hydrogen-bond donors (Lipinski definition) is 20. The van der Waals surface area contributed by atoms with Gasteiger partial charge in [0, 0.05) is 49.7 Å². The summed E-state index contributed by atoms with van der Waals surface area (Å²) in [7, 11) is -29.5. The Kier molecular flexibility index (Phi) is 27.8. The van der Waals surface area contributed by atoms with Crippen LogP contribution in [0.2, 0.25) is 0 Å². The Morgan fingerprint density at radius 3 is 1.36 bits per heavy atom. The molecule has 28 atom stereocenters. The monoisotopic (exact) mass is 2110 g/mol. The lowest BCUT2D eigenvalue weighted by Gasteiger charge is -2.27. The summed E-state index contributed by atoms with van der Waals surface area (Å²) in [6.07, 6.45) is -41.2. The topological polar surface area (TPSA) is 963 Å². The number of hydrogen-bond acceptors (Lipinski definition) is 52. The van der Waals surface area contributed by atoms with Gasteiger partial charge in [0.25, 0.3) is 22.6 Å². The van der Waals surface area contributed by atoms with E-state index in [1.165, 1.54) is 23.7 Å². The predicted molar refractivity (Wildman–Crippen MR) is 464 cm³/mol. The second-order valence-corrected chi connectivity index (χ2v) is 39.5. The van der Waals surface area contributed by atoms with Crippen molar-refractivity contribution in [3.8, 4) is 11.5 Å². The third-order valence-electron chi connectivity index (χ3n) is 23.3. The number of rotatable bonds is 35. The van der Waals surface area contributed by atoms with Gasteiger partial charge in [-0.15, -0.1) is 0 Å². The van der Waals surface area contributed by atoms with E-state index in [-0.39, 0.29) is 58.4 Å². The third kappa shape index (κ3) is 20.5. The molecule has 143 heavy (non-hydrogen) atoms. The number of benzene rings is 1. The molecule has 0 saturated carbocycles. The van der Waals surface area contributed by atoms with Crippen molar-refractivity contribution in [1.82, 2.24) is 102 Å². The zero-order valence-electron chi connectivity index (χ0n) is 72.8. The molecule has 7 aliphatic rings. The van der Waals surface area contributed by atoms with Gasteiger partial charge in [-0.3, -0.25) is 116 Å². The van der Waals surface area contributed by atoms with E-state index in [9.17, 15) is 116 Å². The predicted octanol–water partition coefficient (Wildman–Crippen LogP) is -7.28. The number of aromatic amines is 3. The van der Waals surface area contributed by atoms with Crippen molar-refractivity contribution in [2.45, 2.75) is 168 Å². The zero-order valence-corrected chi connectivity index (χ0v) is 77.3. The first-order chi connectivity index (χ1) is 67.7. The first kappa shape index (κ1) is 101. The smallest absolute Gasteiger partial charge is 0.454 e. The number of nitrogen functional groups attached to an aromatic ring is 5. The van der Waals surface area contributed by atoms with E-state index in [0.29, 0.717) is 14.9 Å². The lowest BCUT2D eigenvalue weighted by molar-refractivity contribution is -0.0656. The molecule has 6 saturated heterocycles. The number of nitrogens with two attached hydrogens (primary N) is 5. The number of carbonyl (C=O) groups is 1. The highest BCUT2D eigenvalue weighted by molar-refractivity contribution is 7.48. The van der Waals surface area contributed by atoms with Crippen LogP contribution in [-0.2, 0) is 103 Å². The Labute approximate surface area is 790 Å². The number of anilines is 5. The largest absolute Gasteiger partial charge is 0.472 e. The molecular formula is C70H83N26O42P5. The molecule has 0 radical (unpaired) electrons. The molecule has 18 rings (SSSR count). The summed E-state index contributed by atoms with van der Waals surface area (Å²) in [5, 5.41) is 77.1. The number of nitrogens with one attached hydrogen (secondary N) is 4. The van der Waals surface area contributed by atoms with E-state index in [2.05, 4.69) is 70.2 Å². The van der Waals surface area contributed by atoms with Gasteiger partial charge in [-0.25, -0.2) is 62.1 Å². The SMILES string of the molecule is CCn1nc(C(=O)NC[C@H]2O[C@@H](n3cc(C)c(=O)[nH]c3=O)C[C@@H]2OP(=O)(O)OC[C@H]2O[C@@H](n3cnc4c(=O)[nH]c(N)nc43)[C@H](O)[C@@H]2OP(=O)(O)OC[C@H]2O[C@@H](n3ccc(N)nc3=O)[C@H](O)[C@@H]2OP(=O)(O)OC[C@H]2O[C@@H](n3cnc4c(=O)[nH]c(N)nc43)[C@H](O)[C@@H]2OP(=O)(O)OC[C@H]2O[C@@H](n3ccc(N)nc3=O)[C@H](O)[C@@H]2OP(=O)(O)OC[C@H]2O[C@@H](n3cnc4c(N)ncnc43)[C@H](O)[C@@H]2O)c(=O)c2cc3c(cc21)OCO3. The highest BCUT2D eigenvalue weighted by atomic mass is 31.2. The molecule has 17 heterocycles. The normalized spacial score (nSPS) is 29.7. The number of phosphoric acid groups is 5. The standard InChI is InChI=1S/C70H83N26O42P5/c1-3-96-25-9-27-26(121-22-122-27)8-24(25)42(97)38(89-96)58(105)76-11-29-28(10-37(128-29)92-12-23(2)57(104)88-70(92)110)134-139(111,112)124-14-33-51(47(102)64(132-33)94-20-80-40-55(94)84-66(74)86-59(40)106)137-142(117,118)126-16-32-50(46(101)63(131-32)91-7-5-36(72)83-69(91)109)136-141(115,116)127-17-34-52(48(103)65(133-34)95-21-81-41-56(95)85-67(75)87-60(41)107)138-143(119,120)125-15-31-49(45(100)62(130-31)90-6-4-35(71)82-68(90)108)135-140(113,114)123-13-30-43(98)44(99)61(129-30)93-19-79-39-53(73)77-18-78-54(39)93/h4-9,12,18-21,28-34,37,43-52,61-65,98-103H,3,10-11,13-17,22H2,1-2H3,(H,76,105)(H,111,112)(H,113,114)(H,115,116)(H,117,118)(H,119,120)(H2,71,82,108)(H2,72,83,109)(H2,73,77,78)(H,88,104,110)(H3,74,84,86,106)(H3,75,85,87,107)/t28-,29+,30+,31+,32+,33+,34+,37+,43+,44+,45+,46+,47+,48+,49+,50+,51+,52+,61+,62+,63+,64+,65+/m0/s1. The number of carbonyl (C=O) groups excluding carboxylic acids is 1. The van der Waals surface area contributed by atoms with Gasteiger partial charge in [0.15, 0.2) is 82.1 Å². The van der Waals surface area contributed by atoms with Gasteiger partial charge in [-0.2, -0.15) is 25.0 Å². The molecule has 5 unspecified atom stereocenters. The number of nitrogens with zero attached hydrogens (tertiary/aromatic N) is 17. The van der Waals surface area contributed by atoms with Crippen LogP contribution < -0.4 is 82.6 Å². The van der Waals surface area contributed by atoms with E-state index in [0.717, 1.165) is 74.3 Å². The minimum absolute atomic E-state index is 0.00122. The summed E-state index contributed by atoms with van der Waals surface area (Å²) in [4.78, 5) is 206. The number of fused-ring (bicyclic) bond motifs is 5. The lowest BCUT2D eigenvalue weighted by atomic mass is 10.1. The van der Waals surface area contributed by atoms with Crippen molar-refractivity contribution in [1.29, 1.82) is 0 Å². The van der Waals surface area contributed by atoms with Crippen LogP contribution in [-0.4, -0.2) is 308 Å². The Morgan fingerprint density at radius 2 is 0.902 bits per heavy atom. The average Bonchev–Trinajstić information content (AvgIpc) is 1.56. The Morgan fingerprint density at radius 1 is 0.483 bits per heavy atom. The van der Waals surface area contributed by atoms with E-state index >= 15 is 0 Å². The molecule has 770 valence electrons. The van der Waals surface area contributed by atoms with E-state index in [1.807, 2.05) is 0 Å². The van der Waals surface area contributed by atoms with Crippen molar-refractivity contribution in [2.75, 3.05) is 75.0 Å². The fourth-order valence-electron chi connectivity index (χ4n) is 16.6. The van der Waals surface area contributed by atoms with Crippen LogP contribution in [0.1, 0.15) is 66.8 Å². The maximum absolute atomic E-state index is 14.7. The molecule has 10 aromatic heterocycles. The maximum Gasteiger partial charge on any atom is 0.472 e. The second-order valence-electron chi connectivity index (χ2n) is 32.5. The van der Waals surface area contributed by atoms with Gasteiger partial charge in [0.2, 0.25) is 24.1 Å². The summed E-state index contributed by atoms with van der Waals surface area (Å²) in [6.45, 7) is -4.55. The first-order valence-electron chi connectivity index (χ1n) is 42.0. The molecule has 0 spiro atoms. The van der Waals surface area contributed by atoms with Gasteiger partial charge in [-0.1, -0.05) is 0 Å². The number of aromatic nitrogens is 20. The van der Waals surface area contributed by atoms with Crippen LogP contribution in [0.25, 0.3) is 44.4 Å². The molecule has 0 aliphatic carbocycles. The van der Waals surface area contributed by atoms with Crippen molar-refractivity contribution >= 4 is 119 Å². The van der Waals surface area contributed by atoms with Crippen molar-refractivity contribution in [3.63, 3.8) is 0 Å². The van der Waals surface area contributed by atoms with Gasteiger partial charge >= 0.3 is 56.2 Å². The minimum atomic E-state index is -6.09. The number of phosphoric ester groups is 5. The highest BCUT2D eigenvalue weighted by Gasteiger charge is 2.58. The number of imidazole rings is 3. The summed E-state index contributed by atoms with van der Waals surface area (Å²) >= 11 is 0. The minimum Gasteiger partial charge on any atom is -0.454 e. The van der Waals surface area contributed by atoms with Gasteiger partial charge in [0.05, 0.1) is 62.9 Å². The van der Waals surface area contributed by atoms with Gasteiger partial charge in [-0.05, 0) is 32.0 Å². The number of ether oxygens (including phenoxy) is 8. The quantitative estimate of drug-likeness (QED) is 0.0164. The Balaban J connectivity index is 0.578. The average molecular weight is 2120 g/mol. The summed E-state index contributed by atoms with van der Waals surface area (Å²) in [5.41, 5.74) is 19.9. The number of aryl methyl sites for hydroxylation is 2. The number of aliphatic hydroxyl groups excluding tert-OH is 6. The van der Waals surface area contributed by atoms with Crippen LogP contribution in [0, 0.1) is 6.92 Å². The zero-order chi connectivity index (χ0) is 102. The van der Waals surface area contributed by atoms with Crippen molar-refractivity contribution in [2.24, 2.45) is 0 Å². The van der Waals surface area contributed by atoms with Crippen LogP contribution in [0.15, 0.2) is 102 Å². The molecule has 68 nitrogen and oxygen atoms in total. The Hall–Kier alpha value is -11.8. The third-order valence-corrected chi connectivity index (χ3v) is 28.3. The van der Waals surface area contributed by atoms with Gasteiger partial charge in [0.1, 0.15) is 133 Å². The molecule has 1 amide bonds. The molecule has 1 aromatic carbocycles. The number of amides is 1. The maximum atomic E-state index is 14.7. The number of H-pyrrole nitrogens is 3. The molecule has 0 bridgehead atoms. The lowest BCUT2D eigenvalue weighted by Crippen LogP contribution is -2.40. The van der Waals surface area contributed by atoms with E-state index in [4.69, 9.17) is 112 Å². The molecule has 11 aromatic rings. The molecular weight excluding hydrogens is 2030 g/mol. The first-order valence-corrected chi connectivity index (χ1v) is 49.5. The van der Waals surface area contributed by atoms with Crippen molar-refractivity contribution < 1.29 is 166 Å². The molecule has 6 fully saturated rings. The fourth-order valence-corrected chi connectivity index (χ4v) is 21.4. The summed E-state index contributed by atoms with van der Waals surface area (Å²) in [5.74, 6) is -2.51. The highest BCUT2D eigenvalue weighted by Crippen LogP contribution is 2.57.